The van der Waals surface area contributed by atoms with Crippen LogP contribution in [0.4, 0.5) is 18.9 Å². The lowest BCUT2D eigenvalue weighted by atomic mass is 10.3. The molecule has 0 atom stereocenters. The molecule has 6 nitrogen and oxygen atoms in total. The third-order valence-electron chi connectivity index (χ3n) is 3.98. The van der Waals surface area contributed by atoms with Crippen LogP contribution in [0.1, 0.15) is 5.69 Å². The SMILES string of the molecule is FC(F)(F)c1ccn(CCN2COc3cccc(Sc4ncc(Cl)cn4)c32)n1. The topological polar surface area (TPSA) is 56.1 Å². The molecule has 0 N–H and O–H groups in total. The van der Waals surface area contributed by atoms with E-state index >= 15 is 0 Å². The highest BCUT2D eigenvalue weighted by Gasteiger charge is 2.33. The van der Waals surface area contributed by atoms with Crippen LogP contribution < -0.4 is 9.64 Å². The van der Waals surface area contributed by atoms with Gasteiger partial charge in [0.05, 0.1) is 29.6 Å². The number of hydrogen-bond donors (Lipinski definition) is 0. The standard InChI is InChI=1S/C17H13ClF3N5OS/c18-11-8-22-16(23-9-11)28-13-3-1-2-12-15(13)25(10-27-12)6-7-26-5-4-14(24-26)17(19,20)21/h1-5,8-9H,6-7,10H2. The number of aromatic nitrogens is 4. The molecule has 0 saturated carbocycles. The van der Waals surface area contributed by atoms with Gasteiger partial charge >= 0.3 is 6.18 Å². The van der Waals surface area contributed by atoms with Gasteiger partial charge in [-0.2, -0.15) is 18.3 Å². The van der Waals surface area contributed by atoms with Gasteiger partial charge in [0.2, 0.25) is 0 Å². The Morgan fingerprint density at radius 3 is 2.64 bits per heavy atom. The molecule has 0 aliphatic carbocycles. The van der Waals surface area contributed by atoms with E-state index in [9.17, 15) is 13.2 Å². The maximum absolute atomic E-state index is 12.7. The number of fused-ring (bicyclic) bond motifs is 1. The number of rotatable bonds is 5. The Bertz CT molecular complexity index is 980. The summed E-state index contributed by atoms with van der Waals surface area (Å²) in [4.78, 5) is 11.2. The predicted octanol–water partition coefficient (Wildman–Crippen LogP) is 4.35. The molecule has 0 bridgehead atoms. The lowest BCUT2D eigenvalue weighted by molar-refractivity contribution is -0.141. The maximum atomic E-state index is 12.7. The van der Waals surface area contributed by atoms with Gasteiger partial charge in [0.15, 0.2) is 17.6 Å². The summed E-state index contributed by atoms with van der Waals surface area (Å²) >= 11 is 7.18. The van der Waals surface area contributed by atoms with Gasteiger partial charge in [-0.05, 0) is 30.0 Å². The number of nitrogens with zero attached hydrogens (tertiary/aromatic N) is 5. The zero-order valence-electron chi connectivity index (χ0n) is 14.2. The molecule has 1 aliphatic heterocycles. The molecule has 3 aromatic rings. The van der Waals surface area contributed by atoms with Gasteiger partial charge in [-0.3, -0.25) is 4.68 Å². The second-order valence-electron chi connectivity index (χ2n) is 5.89. The third-order valence-corrected chi connectivity index (χ3v) is 5.12. The highest BCUT2D eigenvalue weighted by atomic mass is 35.5. The molecule has 146 valence electrons. The monoisotopic (exact) mass is 427 g/mol. The van der Waals surface area contributed by atoms with Crippen LogP contribution in [0, 0.1) is 0 Å². The molecule has 1 aromatic carbocycles. The first-order chi connectivity index (χ1) is 13.4. The molecule has 1 aliphatic rings. The summed E-state index contributed by atoms with van der Waals surface area (Å²) < 4.78 is 45.1. The molecule has 0 saturated heterocycles. The number of halogens is 4. The lowest BCUT2D eigenvalue weighted by Crippen LogP contribution is -2.27. The van der Waals surface area contributed by atoms with E-state index in [1.165, 1.54) is 35.0 Å². The maximum Gasteiger partial charge on any atom is 0.435 e. The summed E-state index contributed by atoms with van der Waals surface area (Å²) in [5.74, 6) is 0.704. The number of para-hydroxylation sites is 1. The van der Waals surface area contributed by atoms with Crippen LogP contribution >= 0.6 is 23.4 Å². The van der Waals surface area contributed by atoms with E-state index in [4.69, 9.17) is 16.3 Å². The van der Waals surface area contributed by atoms with Crippen molar-refractivity contribution in [3.05, 3.63) is 53.6 Å². The van der Waals surface area contributed by atoms with Gasteiger partial charge < -0.3 is 9.64 Å². The van der Waals surface area contributed by atoms with E-state index in [-0.39, 0.29) is 6.54 Å². The van der Waals surface area contributed by atoms with Gasteiger partial charge in [-0.1, -0.05) is 17.7 Å². The number of alkyl halides is 3. The molecule has 0 radical (unpaired) electrons. The third kappa shape index (κ3) is 4.02. The van der Waals surface area contributed by atoms with E-state index < -0.39 is 11.9 Å². The number of anilines is 1. The summed E-state index contributed by atoms with van der Waals surface area (Å²) in [6, 6.07) is 6.59. The van der Waals surface area contributed by atoms with Crippen molar-refractivity contribution >= 4 is 29.1 Å². The molecular weight excluding hydrogens is 415 g/mol. The normalized spacial score (nSPS) is 13.5. The number of hydrogen-bond acceptors (Lipinski definition) is 6. The van der Waals surface area contributed by atoms with Crippen LogP contribution in [0.15, 0.2) is 52.9 Å². The van der Waals surface area contributed by atoms with E-state index in [0.717, 1.165) is 16.6 Å². The fraction of sp³-hybridized carbons (Fsp3) is 0.235. The quantitative estimate of drug-likeness (QED) is 0.564. The summed E-state index contributed by atoms with van der Waals surface area (Å²) in [6.07, 6.45) is -0.0889. The summed E-state index contributed by atoms with van der Waals surface area (Å²) in [5.41, 5.74) is -0.0454. The molecule has 0 spiro atoms. The van der Waals surface area contributed by atoms with Gasteiger partial charge in [-0.15, -0.1) is 0 Å². The van der Waals surface area contributed by atoms with Gasteiger partial charge in [-0.25, -0.2) is 9.97 Å². The summed E-state index contributed by atoms with van der Waals surface area (Å²) in [6.45, 7) is 1.03. The largest absolute Gasteiger partial charge is 0.471 e. The van der Waals surface area contributed by atoms with Crippen molar-refractivity contribution in [2.45, 2.75) is 22.8 Å². The van der Waals surface area contributed by atoms with Crippen LogP contribution in [0.5, 0.6) is 5.75 Å². The first-order valence-electron chi connectivity index (χ1n) is 8.17. The van der Waals surface area contributed by atoms with Crippen molar-refractivity contribution in [2.75, 3.05) is 18.2 Å². The van der Waals surface area contributed by atoms with E-state index in [0.29, 0.717) is 29.2 Å². The number of benzene rings is 1. The lowest BCUT2D eigenvalue weighted by Gasteiger charge is -2.18. The minimum absolute atomic E-state index is 0.287. The predicted molar refractivity (Wildman–Crippen MR) is 97.7 cm³/mol. The zero-order chi connectivity index (χ0) is 19.7. The van der Waals surface area contributed by atoms with Crippen molar-refractivity contribution in [2.24, 2.45) is 0 Å². The molecular formula is C17H13ClF3N5OS. The minimum Gasteiger partial charge on any atom is -0.471 e. The van der Waals surface area contributed by atoms with Crippen molar-refractivity contribution in [1.82, 2.24) is 19.7 Å². The van der Waals surface area contributed by atoms with Crippen LogP contribution in [-0.2, 0) is 12.7 Å². The summed E-state index contributed by atoms with van der Waals surface area (Å²) in [5, 5.41) is 4.57. The summed E-state index contributed by atoms with van der Waals surface area (Å²) in [7, 11) is 0. The smallest absolute Gasteiger partial charge is 0.435 e. The molecule has 3 heterocycles. The second kappa shape index (κ2) is 7.51. The average Bonchev–Trinajstić information content (AvgIpc) is 3.29. The molecule has 11 heteroatoms. The highest BCUT2D eigenvalue weighted by Crippen LogP contribution is 2.43. The van der Waals surface area contributed by atoms with Gasteiger partial charge in [0, 0.05) is 17.6 Å². The van der Waals surface area contributed by atoms with E-state index in [1.54, 1.807) is 0 Å². The fourth-order valence-corrected chi connectivity index (χ4v) is 3.69. The fourth-order valence-electron chi connectivity index (χ4n) is 2.71. The molecule has 0 unspecified atom stereocenters. The average molecular weight is 428 g/mol. The first kappa shape index (κ1) is 18.9. The van der Waals surface area contributed by atoms with E-state index in [1.807, 2.05) is 23.1 Å². The minimum atomic E-state index is -4.45. The Morgan fingerprint density at radius 1 is 1.14 bits per heavy atom. The van der Waals surface area contributed by atoms with Crippen LogP contribution in [-0.4, -0.2) is 33.0 Å². The second-order valence-corrected chi connectivity index (χ2v) is 7.33. The Balaban J connectivity index is 1.50. The van der Waals surface area contributed by atoms with Crippen LogP contribution in [0.2, 0.25) is 5.02 Å². The zero-order valence-corrected chi connectivity index (χ0v) is 15.8. The number of ether oxygens (including phenoxy) is 1. The molecule has 0 amide bonds. The molecule has 28 heavy (non-hydrogen) atoms. The first-order valence-corrected chi connectivity index (χ1v) is 9.36. The Morgan fingerprint density at radius 2 is 1.93 bits per heavy atom. The highest BCUT2D eigenvalue weighted by molar-refractivity contribution is 7.99. The van der Waals surface area contributed by atoms with Gasteiger partial charge in [0.1, 0.15) is 5.75 Å². The van der Waals surface area contributed by atoms with Crippen molar-refractivity contribution < 1.29 is 17.9 Å². The van der Waals surface area contributed by atoms with Crippen molar-refractivity contribution in [1.29, 1.82) is 0 Å². The Labute approximate surface area is 167 Å². The molecule has 4 rings (SSSR count). The van der Waals surface area contributed by atoms with Gasteiger partial charge in [0.25, 0.3) is 0 Å². The molecule has 2 aromatic heterocycles. The Kier molecular flexibility index (Phi) is 5.07. The Hall–Kier alpha value is -2.46. The van der Waals surface area contributed by atoms with E-state index in [2.05, 4.69) is 15.1 Å². The van der Waals surface area contributed by atoms with Crippen LogP contribution in [0.3, 0.4) is 0 Å². The van der Waals surface area contributed by atoms with Crippen LogP contribution in [0.25, 0.3) is 0 Å². The van der Waals surface area contributed by atoms with Crippen molar-refractivity contribution in [3.63, 3.8) is 0 Å². The molecule has 0 fully saturated rings. The van der Waals surface area contributed by atoms with Crippen molar-refractivity contribution in [3.8, 4) is 5.75 Å².